The van der Waals surface area contributed by atoms with Crippen LogP contribution >= 0.6 is 0 Å². The van der Waals surface area contributed by atoms with Crippen LogP contribution in [0.4, 0.5) is 5.69 Å². The second-order valence-corrected chi connectivity index (χ2v) is 9.85. The summed E-state index contributed by atoms with van der Waals surface area (Å²) in [6.45, 7) is 11.7. The van der Waals surface area contributed by atoms with Gasteiger partial charge in [-0.3, -0.25) is 14.2 Å². The van der Waals surface area contributed by atoms with Crippen LogP contribution in [-0.2, 0) is 17.1 Å². The highest BCUT2D eigenvalue weighted by Crippen LogP contribution is 2.26. The number of nitrogens with one attached hydrogen (secondary N) is 1. The fraction of sp³-hybridized carbons (Fsp3) is 0.348. The van der Waals surface area contributed by atoms with Crippen molar-refractivity contribution < 1.29 is 8.42 Å². The first-order chi connectivity index (χ1) is 13.9. The van der Waals surface area contributed by atoms with Gasteiger partial charge in [-0.1, -0.05) is 31.5 Å². The number of hydrogen-bond acceptors (Lipinski definition) is 3. The van der Waals surface area contributed by atoms with Crippen molar-refractivity contribution in [3.05, 3.63) is 74.7 Å². The first kappa shape index (κ1) is 21.9. The van der Waals surface area contributed by atoms with Gasteiger partial charge in [-0.05, 0) is 69.0 Å². The van der Waals surface area contributed by atoms with Crippen LogP contribution in [0.5, 0.6) is 0 Å². The molecular formula is C23H29N3O3S. The van der Waals surface area contributed by atoms with Gasteiger partial charge in [0.25, 0.3) is 15.6 Å². The Morgan fingerprint density at radius 3 is 1.93 bits per heavy atom. The number of benzene rings is 2. The van der Waals surface area contributed by atoms with E-state index in [1.165, 1.54) is 12.1 Å². The zero-order valence-corrected chi connectivity index (χ0v) is 19.4. The van der Waals surface area contributed by atoms with Gasteiger partial charge in [-0.25, -0.2) is 13.1 Å². The van der Waals surface area contributed by atoms with E-state index in [1.807, 2.05) is 60.7 Å². The van der Waals surface area contributed by atoms with E-state index in [2.05, 4.69) is 4.72 Å². The topological polar surface area (TPSA) is 73.1 Å². The van der Waals surface area contributed by atoms with Gasteiger partial charge >= 0.3 is 0 Å². The zero-order chi connectivity index (χ0) is 22.4. The maximum atomic E-state index is 12.9. The Labute approximate surface area is 178 Å². The van der Waals surface area contributed by atoms with Gasteiger partial charge < -0.3 is 0 Å². The molecule has 1 heterocycles. The molecule has 7 heteroatoms. The smallest absolute Gasteiger partial charge is 0.275 e. The Morgan fingerprint density at radius 2 is 1.47 bits per heavy atom. The van der Waals surface area contributed by atoms with Crippen LogP contribution in [0.2, 0.25) is 0 Å². The summed E-state index contributed by atoms with van der Waals surface area (Å²) in [6.07, 6.45) is 0. The molecular weight excluding hydrogens is 398 g/mol. The van der Waals surface area contributed by atoms with Gasteiger partial charge in [-0.15, -0.1) is 0 Å². The lowest BCUT2D eigenvalue weighted by Crippen LogP contribution is -2.21. The summed E-state index contributed by atoms with van der Waals surface area (Å²) in [5, 5.41) is 0. The van der Waals surface area contributed by atoms with E-state index in [1.54, 1.807) is 21.5 Å². The standard InChI is InChI=1S/C23H29N3O3S/c1-14(2)21-18(6)25(7)26(23(21)27)19-8-10-20(11-9-19)30(28,29)24-22-16(4)12-15(3)13-17(22)5/h8-14,24H,1-7H3. The molecule has 0 radical (unpaired) electrons. The summed E-state index contributed by atoms with van der Waals surface area (Å²) in [6, 6.07) is 10.3. The monoisotopic (exact) mass is 427 g/mol. The van der Waals surface area contributed by atoms with Crippen LogP contribution in [0.25, 0.3) is 5.69 Å². The zero-order valence-electron chi connectivity index (χ0n) is 18.6. The molecule has 3 rings (SSSR count). The second kappa shape index (κ2) is 7.80. The Morgan fingerprint density at radius 1 is 0.933 bits per heavy atom. The van der Waals surface area contributed by atoms with Crippen molar-refractivity contribution in [2.24, 2.45) is 7.05 Å². The molecule has 1 aromatic heterocycles. The number of anilines is 1. The molecule has 6 nitrogen and oxygen atoms in total. The van der Waals surface area contributed by atoms with Crippen LogP contribution < -0.4 is 10.3 Å². The number of aromatic nitrogens is 2. The molecule has 0 amide bonds. The predicted octanol–water partition coefficient (Wildman–Crippen LogP) is 4.33. The Hall–Kier alpha value is -2.80. The number of rotatable bonds is 5. The minimum atomic E-state index is -3.75. The molecule has 0 spiro atoms. The van der Waals surface area contributed by atoms with Gasteiger partial charge in [0.1, 0.15) is 0 Å². The fourth-order valence-corrected chi connectivity index (χ4v) is 5.19. The van der Waals surface area contributed by atoms with Gasteiger partial charge in [0.2, 0.25) is 0 Å². The van der Waals surface area contributed by atoms with Crippen LogP contribution in [-0.4, -0.2) is 17.8 Å². The lowest BCUT2D eigenvalue weighted by molar-refractivity contribution is 0.600. The van der Waals surface area contributed by atoms with Crippen molar-refractivity contribution >= 4 is 15.7 Å². The summed E-state index contributed by atoms with van der Waals surface area (Å²) in [7, 11) is -1.92. The highest BCUT2D eigenvalue weighted by atomic mass is 32.2. The molecule has 3 aromatic rings. The largest absolute Gasteiger partial charge is 0.285 e. The van der Waals surface area contributed by atoms with Crippen LogP contribution in [0.1, 0.15) is 47.7 Å². The summed E-state index contributed by atoms with van der Waals surface area (Å²) in [4.78, 5) is 13.0. The van der Waals surface area contributed by atoms with Crippen molar-refractivity contribution in [3.63, 3.8) is 0 Å². The maximum absolute atomic E-state index is 12.9. The quantitative estimate of drug-likeness (QED) is 0.658. The fourth-order valence-electron chi connectivity index (χ4n) is 3.99. The maximum Gasteiger partial charge on any atom is 0.275 e. The second-order valence-electron chi connectivity index (χ2n) is 8.17. The number of sulfonamides is 1. The number of aryl methyl sites for hydroxylation is 3. The average molecular weight is 428 g/mol. The molecule has 0 saturated carbocycles. The average Bonchev–Trinajstić information content (AvgIpc) is 2.87. The molecule has 0 fully saturated rings. The molecule has 0 bridgehead atoms. The van der Waals surface area contributed by atoms with Gasteiger partial charge in [-0.2, -0.15) is 0 Å². The molecule has 0 aliphatic rings. The van der Waals surface area contributed by atoms with E-state index in [0.717, 1.165) is 27.9 Å². The molecule has 0 unspecified atom stereocenters. The summed E-state index contributed by atoms with van der Waals surface area (Å²) in [5.41, 5.74) is 5.64. The predicted molar refractivity (Wildman–Crippen MR) is 121 cm³/mol. The Balaban J connectivity index is 1.99. The lowest BCUT2D eigenvalue weighted by Gasteiger charge is -2.15. The third-order valence-corrected chi connectivity index (χ3v) is 6.85. The normalized spacial score (nSPS) is 11.9. The molecule has 160 valence electrons. The van der Waals surface area contributed by atoms with Crippen molar-refractivity contribution in [2.75, 3.05) is 4.72 Å². The Bertz CT molecular complexity index is 1240. The third-order valence-electron chi connectivity index (χ3n) is 5.48. The molecule has 0 aliphatic heterocycles. The van der Waals surface area contributed by atoms with Gasteiger partial charge in [0, 0.05) is 18.3 Å². The van der Waals surface area contributed by atoms with E-state index in [-0.39, 0.29) is 16.4 Å². The lowest BCUT2D eigenvalue weighted by atomic mass is 10.0. The van der Waals surface area contributed by atoms with Gasteiger partial charge in [0.15, 0.2) is 0 Å². The third kappa shape index (κ3) is 3.81. The first-order valence-electron chi connectivity index (χ1n) is 9.93. The number of hydrogen-bond donors (Lipinski definition) is 1. The summed E-state index contributed by atoms with van der Waals surface area (Å²) in [5.74, 6) is 0.106. The van der Waals surface area contributed by atoms with E-state index in [0.29, 0.717) is 11.4 Å². The number of nitrogens with zero attached hydrogens (tertiary/aromatic N) is 2. The van der Waals surface area contributed by atoms with Crippen molar-refractivity contribution in [1.82, 2.24) is 9.36 Å². The highest BCUT2D eigenvalue weighted by molar-refractivity contribution is 7.92. The van der Waals surface area contributed by atoms with E-state index in [4.69, 9.17) is 0 Å². The first-order valence-corrected chi connectivity index (χ1v) is 11.4. The molecule has 30 heavy (non-hydrogen) atoms. The summed E-state index contributed by atoms with van der Waals surface area (Å²) < 4.78 is 32.0. The molecule has 0 saturated heterocycles. The van der Waals surface area contributed by atoms with Crippen molar-refractivity contribution in [2.45, 2.75) is 52.4 Å². The Kier molecular flexibility index (Phi) is 5.69. The highest BCUT2D eigenvalue weighted by Gasteiger charge is 2.20. The molecule has 0 atom stereocenters. The van der Waals surface area contributed by atoms with E-state index >= 15 is 0 Å². The minimum absolute atomic E-state index is 0.0790. The molecule has 0 aliphatic carbocycles. The van der Waals surface area contributed by atoms with Crippen LogP contribution in [0.3, 0.4) is 0 Å². The van der Waals surface area contributed by atoms with Gasteiger partial charge in [0.05, 0.1) is 16.3 Å². The van der Waals surface area contributed by atoms with E-state index < -0.39 is 10.0 Å². The SMILES string of the molecule is Cc1cc(C)c(NS(=O)(=O)c2ccc(-n3c(=O)c(C(C)C)c(C)n3C)cc2)c(C)c1. The molecule has 2 aromatic carbocycles. The minimum Gasteiger partial charge on any atom is -0.285 e. The van der Waals surface area contributed by atoms with Crippen molar-refractivity contribution in [1.29, 1.82) is 0 Å². The molecule has 1 N–H and O–H groups in total. The van der Waals surface area contributed by atoms with Crippen molar-refractivity contribution in [3.8, 4) is 5.69 Å². The summed E-state index contributed by atoms with van der Waals surface area (Å²) >= 11 is 0. The van der Waals surface area contributed by atoms with E-state index in [9.17, 15) is 13.2 Å². The van der Waals surface area contributed by atoms with Crippen LogP contribution in [0.15, 0.2) is 46.1 Å². The van der Waals surface area contributed by atoms with Crippen LogP contribution in [0, 0.1) is 27.7 Å².